The van der Waals surface area contributed by atoms with Crippen molar-refractivity contribution < 1.29 is 38.0 Å². The number of phosphoric ester groups is 1. The molecule has 0 fully saturated rings. The minimum Gasteiger partial charge on any atom is -0.390 e. The third-order valence-electron chi connectivity index (χ3n) is 13.0. The molecule has 9 nitrogen and oxygen atoms in total. The standard InChI is InChI=1S/C67H115N2O7P/c1-6-8-10-12-14-16-18-20-21-22-23-24-25-26-27-28-29-30-31-32-33-34-35-36-37-38-39-40-41-42-43-44-45-46-47-48-50-52-54-56-58-60-66(71)68-64(63-76-77(73,74)75-62-61-69(3,4)5)67(72)65(70)59-57-55-53-51-49-19-17-15-13-11-9-7-2/h8,10,14-17,20-21,23-24,26-27,29-30,32-33,35-36,38-39,51,53,64-65,67,70,72H,6-7,9,11-13,18-19,22,25,28,31,34,37,40-50,52,54-63H2,1-5H3,(H-,68,71,73,74)/p+1/b10-8-,16-14-,17-15+,21-20-,24-23-,27-26-,30-29-,33-32-,36-35-,39-38-,53-51+. The highest BCUT2D eigenvalue weighted by Gasteiger charge is 2.31. The minimum atomic E-state index is -4.44. The lowest BCUT2D eigenvalue weighted by atomic mass is 10.0. The zero-order valence-electron chi connectivity index (χ0n) is 49.8. The summed E-state index contributed by atoms with van der Waals surface area (Å²) in [5.74, 6) is -0.279. The number of likely N-dealkylation sites (N-methyl/N-ethyl adjacent to an activating group) is 1. The van der Waals surface area contributed by atoms with E-state index in [1.807, 2.05) is 21.1 Å². The number of nitrogens with one attached hydrogen (secondary N) is 1. The van der Waals surface area contributed by atoms with Crippen LogP contribution < -0.4 is 5.32 Å². The highest BCUT2D eigenvalue weighted by atomic mass is 31.2. The van der Waals surface area contributed by atoms with Gasteiger partial charge in [-0.1, -0.05) is 231 Å². The molecule has 10 heteroatoms. The second-order valence-electron chi connectivity index (χ2n) is 21.5. The van der Waals surface area contributed by atoms with E-state index < -0.39 is 32.7 Å². The monoisotopic (exact) mass is 1090 g/mol. The molecule has 0 aliphatic carbocycles. The Morgan fingerprint density at radius 3 is 1.23 bits per heavy atom. The number of nitrogens with zero attached hydrogens (tertiary/aromatic N) is 1. The molecule has 4 atom stereocenters. The van der Waals surface area contributed by atoms with Crippen molar-refractivity contribution in [1.82, 2.24) is 5.32 Å². The molecule has 0 aromatic heterocycles. The van der Waals surface area contributed by atoms with Gasteiger partial charge in [-0.3, -0.25) is 13.8 Å². The van der Waals surface area contributed by atoms with Crippen LogP contribution in [0.25, 0.3) is 0 Å². The van der Waals surface area contributed by atoms with Crippen molar-refractivity contribution in [1.29, 1.82) is 0 Å². The largest absolute Gasteiger partial charge is 0.472 e. The van der Waals surface area contributed by atoms with Crippen LogP contribution in [-0.2, 0) is 18.4 Å². The number of rotatable bonds is 54. The van der Waals surface area contributed by atoms with Gasteiger partial charge in [-0.25, -0.2) is 4.57 Å². The maximum absolute atomic E-state index is 13.0. The predicted molar refractivity (Wildman–Crippen MR) is 333 cm³/mol. The number of carbonyl (C=O) groups is 1. The summed E-state index contributed by atoms with van der Waals surface area (Å²) in [4.78, 5) is 23.3. The highest BCUT2D eigenvalue weighted by molar-refractivity contribution is 7.47. The molecule has 0 aromatic carbocycles. The summed E-state index contributed by atoms with van der Waals surface area (Å²) in [6, 6.07) is -1.06. The first-order valence-corrected chi connectivity index (χ1v) is 32.1. The smallest absolute Gasteiger partial charge is 0.390 e. The van der Waals surface area contributed by atoms with Crippen LogP contribution in [0.2, 0.25) is 0 Å². The maximum Gasteiger partial charge on any atom is 0.472 e. The van der Waals surface area contributed by atoms with Crippen LogP contribution in [0, 0.1) is 0 Å². The van der Waals surface area contributed by atoms with Gasteiger partial charge in [0.05, 0.1) is 39.9 Å². The summed E-state index contributed by atoms with van der Waals surface area (Å²) in [5.41, 5.74) is 0. The first kappa shape index (κ1) is 73.6. The molecule has 0 saturated carbocycles. The van der Waals surface area contributed by atoms with E-state index in [9.17, 15) is 24.5 Å². The van der Waals surface area contributed by atoms with Gasteiger partial charge in [-0.15, -0.1) is 0 Å². The molecule has 0 aliphatic rings. The summed E-state index contributed by atoms with van der Waals surface area (Å²) in [6.07, 6.45) is 81.3. The molecule has 1 amide bonds. The third-order valence-corrected chi connectivity index (χ3v) is 13.9. The van der Waals surface area contributed by atoms with E-state index in [0.29, 0.717) is 30.3 Å². The second-order valence-corrected chi connectivity index (χ2v) is 22.9. The highest BCUT2D eigenvalue weighted by Crippen LogP contribution is 2.43. The molecule has 4 unspecified atom stereocenters. The Morgan fingerprint density at radius 2 is 0.818 bits per heavy atom. The molecule has 0 radical (unpaired) electrons. The predicted octanol–water partition coefficient (Wildman–Crippen LogP) is 18.1. The topological polar surface area (TPSA) is 125 Å². The number of phosphoric acid groups is 1. The van der Waals surface area contributed by atoms with E-state index in [1.165, 1.54) is 83.5 Å². The second kappa shape index (κ2) is 55.9. The van der Waals surface area contributed by atoms with Crippen molar-refractivity contribution in [3.8, 4) is 0 Å². The first-order chi connectivity index (χ1) is 37.4. The van der Waals surface area contributed by atoms with Gasteiger partial charge in [0.1, 0.15) is 19.3 Å². The molecule has 440 valence electrons. The maximum atomic E-state index is 13.0. The fourth-order valence-electron chi connectivity index (χ4n) is 8.15. The Morgan fingerprint density at radius 1 is 0.468 bits per heavy atom. The van der Waals surface area contributed by atoms with Gasteiger partial charge in [0, 0.05) is 6.42 Å². The van der Waals surface area contributed by atoms with Crippen LogP contribution in [0.3, 0.4) is 0 Å². The van der Waals surface area contributed by atoms with Crippen LogP contribution >= 0.6 is 7.82 Å². The Hall–Kier alpha value is -3.40. The summed E-state index contributed by atoms with van der Waals surface area (Å²) in [6.45, 7) is 4.42. The molecule has 0 bridgehead atoms. The lowest BCUT2D eigenvalue weighted by Crippen LogP contribution is -2.51. The van der Waals surface area contributed by atoms with Crippen LogP contribution in [-0.4, -0.2) is 84.6 Å². The summed E-state index contributed by atoms with van der Waals surface area (Å²) in [7, 11) is 1.39. The van der Waals surface area contributed by atoms with Crippen molar-refractivity contribution in [3.05, 3.63) is 134 Å². The third kappa shape index (κ3) is 57.1. The number of hydrogen-bond donors (Lipinski definition) is 4. The SMILES string of the molecule is CC/C=C\C/C=C\C/C=C\C/C=C\C/C=C\C/C=C\C/C=C\C/C=C\C/C=C\CCCCCCCCCCCCCCCC(=O)NC(COP(=O)(O)OCC[N+](C)(C)C)C(O)C(O)CCC/C=C/CC/C=C/CCCCC. The van der Waals surface area contributed by atoms with Crippen molar-refractivity contribution in [2.75, 3.05) is 40.9 Å². The van der Waals surface area contributed by atoms with Gasteiger partial charge < -0.3 is 24.9 Å². The molecular formula is C67H116N2O7P+. The summed E-state index contributed by atoms with van der Waals surface area (Å²) in [5, 5.41) is 24.8. The van der Waals surface area contributed by atoms with Gasteiger partial charge in [0.15, 0.2) is 0 Å². The van der Waals surface area contributed by atoms with Crippen molar-refractivity contribution in [2.24, 2.45) is 0 Å². The Bertz CT molecular complexity index is 1730. The number of quaternary nitrogens is 1. The molecule has 0 heterocycles. The number of aliphatic hydroxyl groups is 2. The molecular weight excluding hydrogens is 976 g/mol. The summed E-state index contributed by atoms with van der Waals surface area (Å²) >= 11 is 0. The lowest BCUT2D eigenvalue weighted by molar-refractivity contribution is -0.870. The quantitative estimate of drug-likeness (QED) is 0.0207. The molecule has 77 heavy (non-hydrogen) atoms. The molecule has 0 aliphatic heterocycles. The van der Waals surface area contributed by atoms with E-state index in [-0.39, 0.29) is 18.9 Å². The normalized spacial score (nSPS) is 15.2. The van der Waals surface area contributed by atoms with E-state index in [4.69, 9.17) is 9.05 Å². The molecule has 0 rings (SSSR count). The number of allylic oxidation sites excluding steroid dienone is 22. The van der Waals surface area contributed by atoms with Crippen molar-refractivity contribution >= 4 is 13.7 Å². The average molecular weight is 1090 g/mol. The van der Waals surface area contributed by atoms with Crippen LogP contribution in [0.15, 0.2) is 134 Å². The number of unbranched alkanes of at least 4 members (excludes halogenated alkanes) is 18. The summed E-state index contributed by atoms with van der Waals surface area (Å²) < 4.78 is 23.6. The van der Waals surface area contributed by atoms with Crippen LogP contribution in [0.4, 0.5) is 0 Å². The lowest BCUT2D eigenvalue weighted by Gasteiger charge is -2.28. The van der Waals surface area contributed by atoms with Gasteiger partial charge in [0.2, 0.25) is 5.91 Å². The number of carbonyl (C=O) groups excluding carboxylic acids is 1. The fraction of sp³-hybridized carbons (Fsp3) is 0.657. The van der Waals surface area contributed by atoms with Crippen LogP contribution in [0.1, 0.15) is 226 Å². The fourth-order valence-corrected chi connectivity index (χ4v) is 8.89. The number of aliphatic hydroxyl groups excluding tert-OH is 2. The van der Waals surface area contributed by atoms with Gasteiger partial charge in [-0.2, -0.15) is 0 Å². The molecule has 0 spiro atoms. The zero-order chi connectivity index (χ0) is 56.4. The van der Waals surface area contributed by atoms with E-state index in [2.05, 4.69) is 153 Å². The molecule has 4 N–H and O–H groups in total. The number of hydrogen-bond acceptors (Lipinski definition) is 6. The van der Waals surface area contributed by atoms with Gasteiger partial charge >= 0.3 is 7.82 Å². The minimum absolute atomic E-state index is 0.00811. The first-order valence-electron chi connectivity index (χ1n) is 30.6. The van der Waals surface area contributed by atoms with E-state index in [1.54, 1.807) is 0 Å². The number of amides is 1. The Balaban J connectivity index is 4.10. The Labute approximate surface area is 473 Å². The van der Waals surface area contributed by atoms with Crippen molar-refractivity contribution in [3.63, 3.8) is 0 Å². The average Bonchev–Trinajstić information content (AvgIpc) is 3.39. The zero-order valence-corrected chi connectivity index (χ0v) is 50.7. The van der Waals surface area contributed by atoms with Crippen molar-refractivity contribution in [2.45, 2.75) is 244 Å². The van der Waals surface area contributed by atoms with E-state index >= 15 is 0 Å². The Kier molecular flexibility index (Phi) is 53.4. The van der Waals surface area contributed by atoms with Crippen LogP contribution in [0.5, 0.6) is 0 Å². The molecule has 0 aromatic rings. The molecule has 0 saturated heterocycles. The van der Waals surface area contributed by atoms with E-state index in [0.717, 1.165) is 103 Å². The van der Waals surface area contributed by atoms with Gasteiger partial charge in [0.25, 0.3) is 0 Å². The van der Waals surface area contributed by atoms with Gasteiger partial charge in [-0.05, 0) is 122 Å².